The molecule has 0 saturated carbocycles. The average Bonchev–Trinajstić information content (AvgIpc) is 3.74. The summed E-state index contributed by atoms with van der Waals surface area (Å²) in [6.07, 6.45) is 4.42. The molecule has 2 aromatic heterocycles. The normalized spacial score (nSPS) is 20.9. The molecule has 4 aliphatic rings. The van der Waals surface area contributed by atoms with Crippen LogP contribution in [-0.2, 0) is 6.42 Å². The van der Waals surface area contributed by atoms with Crippen LogP contribution in [-0.4, -0.2) is 69.8 Å². The lowest BCUT2D eigenvalue weighted by molar-refractivity contribution is 0.121. The van der Waals surface area contributed by atoms with Crippen molar-refractivity contribution < 1.29 is 9.84 Å². The first-order valence-corrected chi connectivity index (χ1v) is 22.4. The average molecular weight is 803 g/mol. The molecule has 3 aliphatic heterocycles. The van der Waals surface area contributed by atoms with Gasteiger partial charge in [0.2, 0.25) is 0 Å². The second-order valence-corrected chi connectivity index (χ2v) is 18.6. The van der Waals surface area contributed by atoms with Crippen molar-refractivity contribution in [1.82, 2.24) is 19.7 Å². The predicted molar refractivity (Wildman–Crippen MR) is 238 cm³/mol. The van der Waals surface area contributed by atoms with Gasteiger partial charge in [0.25, 0.3) is 0 Å². The fraction of sp³-hybridized carbons (Fsp3) is 0.380. The number of benzene rings is 4. The maximum absolute atomic E-state index is 10.2. The third-order valence-electron chi connectivity index (χ3n) is 13.6. The molecule has 9 heteroatoms. The number of aromatic hydroxyl groups is 1. The van der Waals surface area contributed by atoms with E-state index in [1.54, 1.807) is 0 Å². The Balaban J connectivity index is 0.711. The van der Waals surface area contributed by atoms with Gasteiger partial charge in [-0.3, -0.25) is 9.56 Å². The second kappa shape index (κ2) is 15.7. The summed E-state index contributed by atoms with van der Waals surface area (Å²) in [5.41, 5.74) is 11.3. The van der Waals surface area contributed by atoms with Crippen LogP contribution in [0.25, 0.3) is 5.00 Å². The van der Waals surface area contributed by atoms with E-state index in [-0.39, 0.29) is 12.0 Å². The van der Waals surface area contributed by atoms with E-state index in [1.165, 1.54) is 68.3 Å². The first kappa shape index (κ1) is 38.0. The van der Waals surface area contributed by atoms with Gasteiger partial charge in [0, 0.05) is 53.2 Å². The van der Waals surface area contributed by atoms with Crippen molar-refractivity contribution in [2.45, 2.75) is 71.3 Å². The number of ether oxygens (including phenoxy) is 1. The molecule has 2 saturated heterocycles. The van der Waals surface area contributed by atoms with Gasteiger partial charge in [-0.2, -0.15) is 0 Å². The Morgan fingerprint density at radius 1 is 0.814 bits per heavy atom. The molecule has 8 nitrogen and oxygen atoms in total. The number of fused-ring (bicyclic) bond motifs is 4. The number of aryl methyl sites for hydroxylation is 3. The smallest absolute Gasteiger partial charge is 0.162 e. The molecule has 5 heterocycles. The number of likely N-dealkylation sites (tertiary alicyclic amines) is 1. The largest absolute Gasteiger partial charge is 0.508 e. The summed E-state index contributed by atoms with van der Waals surface area (Å²) in [5.74, 6) is 5.06. The number of thiophene rings is 1. The molecule has 3 atom stereocenters. The zero-order valence-electron chi connectivity index (χ0n) is 34.6. The maximum atomic E-state index is 10.2. The zero-order chi connectivity index (χ0) is 40.2. The van der Waals surface area contributed by atoms with E-state index in [0.29, 0.717) is 23.5 Å². The van der Waals surface area contributed by atoms with Gasteiger partial charge in [0.05, 0.1) is 12.3 Å². The standard InChI is InChI=1S/C50H54N6O2S/c1-31-33(3)59-50-46(31)48(51-32(2)49-53-52-34(4)56(49)50)39-10-15-41(16-11-39)55-28-36(29-55)27-54-24-22-35(23-25-54)30-58-43-18-12-38(13-19-43)47-44(37-8-6-5-7-9-37)20-14-40-26-42(57)17-21-45(40)47/h5-13,15-19,21,26,32,35-36,44,47,57H,14,20,22-25,27-30H2,1-4H3/t32-,44+,47-/m0/s1. The summed E-state index contributed by atoms with van der Waals surface area (Å²) in [4.78, 5) is 11.7. The van der Waals surface area contributed by atoms with Gasteiger partial charge in [0.1, 0.15) is 28.4 Å². The van der Waals surface area contributed by atoms with Gasteiger partial charge < -0.3 is 19.6 Å². The lowest BCUT2D eigenvalue weighted by atomic mass is 9.69. The first-order valence-electron chi connectivity index (χ1n) is 21.5. The van der Waals surface area contributed by atoms with Crippen LogP contribution in [0, 0.1) is 32.6 Å². The van der Waals surface area contributed by atoms with E-state index in [9.17, 15) is 5.11 Å². The van der Waals surface area contributed by atoms with Crippen LogP contribution in [0.1, 0.15) is 99.5 Å². The Kier molecular flexibility index (Phi) is 10.1. The molecule has 59 heavy (non-hydrogen) atoms. The van der Waals surface area contributed by atoms with Crippen molar-refractivity contribution in [3.8, 4) is 16.5 Å². The lowest BCUT2D eigenvalue weighted by Gasteiger charge is -2.44. The highest BCUT2D eigenvalue weighted by atomic mass is 32.1. The molecule has 2 fully saturated rings. The number of aliphatic imine (C=N–C) groups is 1. The van der Waals surface area contributed by atoms with Crippen LogP contribution in [0.15, 0.2) is 102 Å². The Hall–Kier alpha value is -5.25. The SMILES string of the molecule is Cc1sc2c(c1C)C(c1ccc(N3CC(CN4CCC(COc5ccc([C@@H]6c7ccc(O)cc7CC[C@@H]6c6ccccc6)cc5)CC4)C3)cc1)=N[C@@H](C)c1nnc(C)n1-2. The topological polar surface area (TPSA) is 79.0 Å². The van der Waals surface area contributed by atoms with Gasteiger partial charge in [-0.05, 0) is 143 Å². The minimum Gasteiger partial charge on any atom is -0.508 e. The highest BCUT2D eigenvalue weighted by Crippen LogP contribution is 2.47. The fourth-order valence-electron chi connectivity index (χ4n) is 10.2. The van der Waals surface area contributed by atoms with Gasteiger partial charge in [-0.1, -0.05) is 60.7 Å². The van der Waals surface area contributed by atoms with Gasteiger partial charge in [0.15, 0.2) is 5.82 Å². The van der Waals surface area contributed by atoms with Crippen LogP contribution >= 0.6 is 11.3 Å². The Bertz CT molecular complexity index is 2480. The van der Waals surface area contributed by atoms with Crippen LogP contribution in [0.2, 0.25) is 0 Å². The Morgan fingerprint density at radius 3 is 2.34 bits per heavy atom. The van der Waals surface area contributed by atoms with Crippen LogP contribution in [0.5, 0.6) is 11.5 Å². The van der Waals surface area contributed by atoms with Crippen molar-refractivity contribution in [2.75, 3.05) is 44.2 Å². The third kappa shape index (κ3) is 7.27. The number of hydrogen-bond acceptors (Lipinski definition) is 8. The summed E-state index contributed by atoms with van der Waals surface area (Å²) in [7, 11) is 0. The molecule has 0 bridgehead atoms. The van der Waals surface area contributed by atoms with Crippen LogP contribution < -0.4 is 9.64 Å². The highest BCUT2D eigenvalue weighted by Gasteiger charge is 2.34. The highest BCUT2D eigenvalue weighted by molar-refractivity contribution is 7.15. The number of aromatic nitrogens is 3. The molecule has 0 radical (unpaired) electrons. The molecule has 10 rings (SSSR count). The summed E-state index contributed by atoms with van der Waals surface area (Å²) in [5, 5.41) is 20.3. The number of piperidine rings is 1. The monoisotopic (exact) mass is 802 g/mol. The molecule has 6 aromatic rings. The summed E-state index contributed by atoms with van der Waals surface area (Å²) < 4.78 is 8.63. The minimum absolute atomic E-state index is 0.0744. The summed E-state index contributed by atoms with van der Waals surface area (Å²) in [6.45, 7) is 15.0. The van der Waals surface area contributed by atoms with E-state index in [4.69, 9.17) is 9.73 Å². The molecule has 0 unspecified atom stereocenters. The van der Waals surface area contributed by atoms with Gasteiger partial charge in [-0.15, -0.1) is 21.5 Å². The second-order valence-electron chi connectivity index (χ2n) is 17.4. The Morgan fingerprint density at radius 2 is 1.58 bits per heavy atom. The summed E-state index contributed by atoms with van der Waals surface area (Å²) in [6, 6.07) is 34.7. The van der Waals surface area contributed by atoms with E-state index in [2.05, 4.69) is 130 Å². The predicted octanol–water partition coefficient (Wildman–Crippen LogP) is 9.96. The minimum atomic E-state index is -0.0744. The maximum Gasteiger partial charge on any atom is 0.162 e. The number of nitrogens with zero attached hydrogens (tertiary/aromatic N) is 6. The van der Waals surface area contributed by atoms with Crippen molar-refractivity contribution >= 4 is 22.7 Å². The lowest BCUT2D eigenvalue weighted by Crippen LogP contribution is -2.52. The molecule has 4 aromatic carbocycles. The molecular weight excluding hydrogens is 749 g/mol. The number of hydrogen-bond donors (Lipinski definition) is 1. The third-order valence-corrected chi connectivity index (χ3v) is 14.8. The van der Waals surface area contributed by atoms with E-state index in [0.717, 1.165) is 74.3 Å². The van der Waals surface area contributed by atoms with Gasteiger partial charge in [-0.25, -0.2) is 0 Å². The quantitative estimate of drug-likeness (QED) is 0.157. The first-order chi connectivity index (χ1) is 28.8. The van der Waals surface area contributed by atoms with Crippen molar-refractivity contribution in [2.24, 2.45) is 16.8 Å². The number of phenols is 1. The molecular formula is C50H54N6O2S. The number of rotatable bonds is 9. The van der Waals surface area contributed by atoms with Crippen molar-refractivity contribution in [1.29, 1.82) is 0 Å². The van der Waals surface area contributed by atoms with E-state index in [1.807, 2.05) is 30.4 Å². The zero-order valence-corrected chi connectivity index (χ0v) is 35.5. The molecule has 0 amide bonds. The summed E-state index contributed by atoms with van der Waals surface area (Å²) >= 11 is 1.81. The van der Waals surface area contributed by atoms with Crippen LogP contribution in [0.3, 0.4) is 0 Å². The molecule has 1 aliphatic carbocycles. The molecule has 302 valence electrons. The number of anilines is 1. The van der Waals surface area contributed by atoms with E-state index >= 15 is 0 Å². The van der Waals surface area contributed by atoms with Crippen molar-refractivity contribution in [3.63, 3.8) is 0 Å². The molecule has 0 spiro atoms. The van der Waals surface area contributed by atoms with E-state index < -0.39 is 0 Å². The van der Waals surface area contributed by atoms with Crippen LogP contribution in [0.4, 0.5) is 5.69 Å². The van der Waals surface area contributed by atoms with Crippen molar-refractivity contribution in [3.05, 3.63) is 153 Å². The molecule has 1 N–H and O–H groups in total. The Labute approximate surface area is 352 Å². The van der Waals surface area contributed by atoms with Gasteiger partial charge >= 0.3 is 0 Å². The fourth-order valence-corrected chi connectivity index (χ4v) is 11.4. The number of phenolic OH excluding ortho intramolecular Hbond substituents is 1.